The van der Waals surface area contributed by atoms with Crippen LogP contribution in [0.15, 0.2) is 0 Å². The van der Waals surface area contributed by atoms with E-state index >= 15 is 0 Å². The Morgan fingerprint density at radius 2 is 2.00 bits per heavy atom. The molecule has 1 saturated heterocycles. The largest absolute Gasteiger partial charge is 0.395 e. The molecule has 0 aromatic carbocycles. The number of aliphatic hydroxyl groups excluding tert-OH is 1. The molecule has 1 rings (SSSR count). The second-order valence-electron chi connectivity index (χ2n) is 4.42. The average molecular weight is 186 g/mol. The van der Waals surface area contributed by atoms with E-state index in [0.29, 0.717) is 18.1 Å². The third-order valence-corrected chi connectivity index (χ3v) is 3.07. The van der Waals surface area contributed by atoms with E-state index < -0.39 is 0 Å². The smallest absolute Gasteiger partial charge is 0.0599 e. The predicted octanol–water partition coefficient (Wildman–Crippen LogP) is 0.392. The molecule has 1 N–H and O–H groups in total. The average Bonchev–Trinajstić information content (AvgIpc) is 2.08. The molecule has 0 spiro atoms. The maximum Gasteiger partial charge on any atom is 0.0599 e. The molecule has 0 amide bonds. The van der Waals surface area contributed by atoms with Crippen molar-refractivity contribution in [2.24, 2.45) is 0 Å². The number of piperazine rings is 1. The summed E-state index contributed by atoms with van der Waals surface area (Å²) in [5, 5.41) is 9.25. The molecular weight excluding hydrogens is 164 g/mol. The van der Waals surface area contributed by atoms with Gasteiger partial charge in [-0.15, -0.1) is 0 Å². The zero-order chi connectivity index (χ0) is 10.0. The monoisotopic (exact) mass is 186 g/mol. The number of nitrogens with zero attached hydrogens (tertiary/aromatic N) is 2. The van der Waals surface area contributed by atoms with E-state index in [2.05, 4.69) is 37.6 Å². The number of likely N-dealkylation sites (N-methyl/N-ethyl adjacent to an activating group) is 1. The zero-order valence-electron chi connectivity index (χ0n) is 9.20. The zero-order valence-corrected chi connectivity index (χ0v) is 9.20. The summed E-state index contributed by atoms with van der Waals surface area (Å²) in [4.78, 5) is 4.71. The fourth-order valence-corrected chi connectivity index (χ4v) is 2.01. The van der Waals surface area contributed by atoms with Crippen LogP contribution in [0.2, 0.25) is 0 Å². The molecule has 1 aliphatic rings. The van der Waals surface area contributed by atoms with Gasteiger partial charge in [0.2, 0.25) is 0 Å². The molecule has 0 aromatic heterocycles. The van der Waals surface area contributed by atoms with Gasteiger partial charge in [-0.05, 0) is 27.8 Å². The van der Waals surface area contributed by atoms with Crippen molar-refractivity contribution >= 4 is 0 Å². The molecule has 0 radical (unpaired) electrons. The van der Waals surface area contributed by atoms with Crippen LogP contribution in [0.4, 0.5) is 0 Å². The van der Waals surface area contributed by atoms with Gasteiger partial charge < -0.3 is 10.0 Å². The summed E-state index contributed by atoms with van der Waals surface area (Å²) in [7, 11) is 2.13. The molecule has 2 unspecified atom stereocenters. The first-order valence-electron chi connectivity index (χ1n) is 5.13. The molecule has 3 heteroatoms. The van der Waals surface area contributed by atoms with Gasteiger partial charge in [-0.2, -0.15) is 0 Å². The van der Waals surface area contributed by atoms with Crippen LogP contribution in [0.5, 0.6) is 0 Å². The van der Waals surface area contributed by atoms with Crippen LogP contribution in [0.25, 0.3) is 0 Å². The van der Waals surface area contributed by atoms with Crippen LogP contribution in [0.1, 0.15) is 20.8 Å². The number of hydrogen-bond acceptors (Lipinski definition) is 3. The topological polar surface area (TPSA) is 26.7 Å². The Balaban J connectivity index is 2.61. The molecule has 3 nitrogen and oxygen atoms in total. The highest BCUT2D eigenvalue weighted by Gasteiger charge is 2.30. The second kappa shape index (κ2) is 4.40. The third-order valence-electron chi connectivity index (χ3n) is 3.07. The first-order chi connectivity index (χ1) is 6.06. The lowest BCUT2D eigenvalue weighted by Crippen LogP contribution is -2.59. The highest BCUT2D eigenvalue weighted by molar-refractivity contribution is 4.86. The fourth-order valence-electron chi connectivity index (χ4n) is 2.01. The van der Waals surface area contributed by atoms with Crippen LogP contribution < -0.4 is 0 Å². The van der Waals surface area contributed by atoms with Crippen molar-refractivity contribution in [1.82, 2.24) is 9.80 Å². The lowest BCUT2D eigenvalue weighted by Gasteiger charge is -2.45. The molecule has 13 heavy (non-hydrogen) atoms. The van der Waals surface area contributed by atoms with E-state index in [9.17, 15) is 5.11 Å². The minimum absolute atomic E-state index is 0.273. The summed E-state index contributed by atoms with van der Waals surface area (Å²) in [6, 6.07) is 1.46. The van der Waals surface area contributed by atoms with E-state index in [1.54, 1.807) is 0 Å². The van der Waals surface area contributed by atoms with Gasteiger partial charge in [0, 0.05) is 31.2 Å². The van der Waals surface area contributed by atoms with Crippen LogP contribution >= 0.6 is 0 Å². The molecule has 1 aliphatic heterocycles. The van der Waals surface area contributed by atoms with Gasteiger partial charge in [-0.1, -0.05) is 0 Å². The summed E-state index contributed by atoms with van der Waals surface area (Å²) in [6.45, 7) is 8.95. The summed E-state index contributed by atoms with van der Waals surface area (Å²) in [5.41, 5.74) is 0. The van der Waals surface area contributed by atoms with E-state index in [-0.39, 0.29) is 6.61 Å². The summed E-state index contributed by atoms with van der Waals surface area (Å²) < 4.78 is 0. The van der Waals surface area contributed by atoms with Crippen molar-refractivity contribution in [3.63, 3.8) is 0 Å². The number of rotatable bonds is 2. The van der Waals surface area contributed by atoms with E-state index in [4.69, 9.17) is 0 Å². The van der Waals surface area contributed by atoms with Gasteiger partial charge in [0.1, 0.15) is 0 Å². The maximum atomic E-state index is 9.25. The Morgan fingerprint density at radius 3 is 2.46 bits per heavy atom. The van der Waals surface area contributed by atoms with E-state index in [1.165, 1.54) is 0 Å². The van der Waals surface area contributed by atoms with Gasteiger partial charge in [-0.3, -0.25) is 4.90 Å². The van der Waals surface area contributed by atoms with Gasteiger partial charge in [0.15, 0.2) is 0 Å². The first-order valence-corrected chi connectivity index (χ1v) is 5.13. The molecule has 78 valence electrons. The number of aliphatic hydroxyl groups is 1. The Hall–Kier alpha value is -0.120. The fraction of sp³-hybridized carbons (Fsp3) is 1.00. The maximum absolute atomic E-state index is 9.25. The van der Waals surface area contributed by atoms with Crippen molar-refractivity contribution in [3.8, 4) is 0 Å². The molecule has 0 aromatic rings. The minimum Gasteiger partial charge on any atom is -0.395 e. The number of hydrogen-bond donors (Lipinski definition) is 1. The Morgan fingerprint density at radius 1 is 1.38 bits per heavy atom. The molecule has 1 fully saturated rings. The second-order valence-corrected chi connectivity index (χ2v) is 4.42. The van der Waals surface area contributed by atoms with Crippen LogP contribution in [0.3, 0.4) is 0 Å². The van der Waals surface area contributed by atoms with Crippen LogP contribution in [-0.4, -0.2) is 59.8 Å². The highest BCUT2D eigenvalue weighted by atomic mass is 16.3. The SMILES string of the molecule is CC1CN(C(C)C)C(CO)CN1C. The molecule has 0 aliphatic carbocycles. The molecule has 0 saturated carbocycles. The Bertz CT molecular complexity index is 161. The van der Waals surface area contributed by atoms with Gasteiger partial charge >= 0.3 is 0 Å². The van der Waals surface area contributed by atoms with Gasteiger partial charge in [0.25, 0.3) is 0 Å². The standard InChI is InChI=1S/C10H22N2O/c1-8(2)12-5-9(3)11(4)6-10(12)7-13/h8-10,13H,5-7H2,1-4H3. The summed E-state index contributed by atoms with van der Waals surface area (Å²) in [6.07, 6.45) is 0. The van der Waals surface area contributed by atoms with E-state index in [0.717, 1.165) is 13.1 Å². The molecular formula is C10H22N2O. The quantitative estimate of drug-likeness (QED) is 0.676. The van der Waals surface area contributed by atoms with Crippen LogP contribution in [-0.2, 0) is 0 Å². The predicted molar refractivity (Wildman–Crippen MR) is 54.8 cm³/mol. The molecule has 2 atom stereocenters. The van der Waals surface area contributed by atoms with Crippen molar-refractivity contribution in [3.05, 3.63) is 0 Å². The van der Waals surface area contributed by atoms with Gasteiger partial charge in [-0.25, -0.2) is 0 Å². The van der Waals surface area contributed by atoms with Crippen molar-refractivity contribution in [2.75, 3.05) is 26.7 Å². The van der Waals surface area contributed by atoms with Crippen molar-refractivity contribution in [2.45, 2.75) is 38.9 Å². The Kier molecular flexibility index (Phi) is 3.71. The highest BCUT2D eigenvalue weighted by Crippen LogP contribution is 2.15. The third kappa shape index (κ3) is 2.42. The van der Waals surface area contributed by atoms with Crippen molar-refractivity contribution < 1.29 is 5.11 Å². The summed E-state index contributed by atoms with van der Waals surface area (Å²) >= 11 is 0. The normalized spacial score (nSPS) is 32.8. The molecule has 1 heterocycles. The van der Waals surface area contributed by atoms with Gasteiger partial charge in [0.05, 0.1) is 6.61 Å². The van der Waals surface area contributed by atoms with Crippen LogP contribution in [0, 0.1) is 0 Å². The van der Waals surface area contributed by atoms with E-state index in [1.807, 2.05) is 0 Å². The molecule has 0 bridgehead atoms. The Labute approximate surface area is 81.3 Å². The minimum atomic E-state index is 0.273. The first kappa shape index (κ1) is 11.0. The lowest BCUT2D eigenvalue weighted by molar-refractivity contribution is 0.00411. The summed E-state index contributed by atoms with van der Waals surface area (Å²) in [5.74, 6) is 0. The van der Waals surface area contributed by atoms with Crippen molar-refractivity contribution in [1.29, 1.82) is 0 Å². The lowest BCUT2D eigenvalue weighted by atomic mass is 10.1.